The predicted octanol–water partition coefficient (Wildman–Crippen LogP) is 4.60. The summed E-state index contributed by atoms with van der Waals surface area (Å²) in [4.78, 5) is 2.49. The SMILES string of the molecule is CCCNC(c1cc(C)c(C)s1)c1cc(F)ccc1OC. The van der Waals surface area contributed by atoms with Crippen LogP contribution < -0.4 is 10.1 Å². The highest BCUT2D eigenvalue weighted by molar-refractivity contribution is 7.12. The molecule has 2 nitrogen and oxygen atoms in total. The lowest BCUT2D eigenvalue weighted by Gasteiger charge is -2.20. The number of nitrogens with one attached hydrogen (secondary N) is 1. The van der Waals surface area contributed by atoms with Crippen molar-refractivity contribution in [3.05, 3.63) is 51.0 Å². The van der Waals surface area contributed by atoms with Crippen LogP contribution in [0.2, 0.25) is 0 Å². The van der Waals surface area contributed by atoms with E-state index in [-0.39, 0.29) is 11.9 Å². The van der Waals surface area contributed by atoms with Crippen LogP contribution in [-0.2, 0) is 0 Å². The number of benzene rings is 1. The van der Waals surface area contributed by atoms with Crippen molar-refractivity contribution >= 4 is 11.3 Å². The summed E-state index contributed by atoms with van der Waals surface area (Å²) in [7, 11) is 1.62. The second-order valence-electron chi connectivity index (χ2n) is 5.16. The standard InChI is InChI=1S/C17H22FNOS/c1-5-8-19-17(16-9-11(2)12(3)21-16)14-10-13(18)6-7-15(14)20-4/h6-7,9-10,17,19H,5,8H2,1-4H3. The Bertz CT molecular complexity index is 589. The Kier molecular flexibility index (Phi) is 5.37. The van der Waals surface area contributed by atoms with Gasteiger partial charge in [0, 0.05) is 15.3 Å². The highest BCUT2D eigenvalue weighted by Gasteiger charge is 2.20. The van der Waals surface area contributed by atoms with Crippen LogP contribution in [0.3, 0.4) is 0 Å². The molecular weight excluding hydrogens is 285 g/mol. The van der Waals surface area contributed by atoms with Crippen molar-refractivity contribution in [2.45, 2.75) is 33.2 Å². The molecule has 0 amide bonds. The van der Waals surface area contributed by atoms with Crippen LogP contribution in [0.25, 0.3) is 0 Å². The number of hydrogen-bond acceptors (Lipinski definition) is 3. The first kappa shape index (κ1) is 16.0. The first-order chi connectivity index (χ1) is 10.1. The molecule has 4 heteroatoms. The van der Waals surface area contributed by atoms with Gasteiger partial charge in [-0.05, 0) is 56.6 Å². The fraction of sp³-hybridized carbons (Fsp3) is 0.412. The van der Waals surface area contributed by atoms with Gasteiger partial charge >= 0.3 is 0 Å². The topological polar surface area (TPSA) is 21.3 Å². The third kappa shape index (κ3) is 3.63. The molecule has 0 aliphatic carbocycles. The van der Waals surface area contributed by atoms with Crippen LogP contribution >= 0.6 is 11.3 Å². The quantitative estimate of drug-likeness (QED) is 0.842. The summed E-state index contributed by atoms with van der Waals surface area (Å²) in [6.45, 7) is 7.22. The zero-order valence-corrected chi connectivity index (χ0v) is 13.8. The average molecular weight is 307 g/mol. The molecule has 0 saturated carbocycles. The van der Waals surface area contributed by atoms with Crippen LogP contribution in [0.1, 0.15) is 40.3 Å². The van der Waals surface area contributed by atoms with E-state index in [9.17, 15) is 4.39 Å². The normalized spacial score (nSPS) is 12.4. The van der Waals surface area contributed by atoms with Crippen molar-refractivity contribution in [3.63, 3.8) is 0 Å². The molecule has 0 radical (unpaired) electrons. The van der Waals surface area contributed by atoms with Crippen molar-refractivity contribution in [1.29, 1.82) is 0 Å². The zero-order valence-electron chi connectivity index (χ0n) is 13.0. The molecule has 0 aliphatic heterocycles. The lowest BCUT2D eigenvalue weighted by atomic mass is 10.0. The van der Waals surface area contributed by atoms with Gasteiger partial charge in [0.25, 0.3) is 0 Å². The van der Waals surface area contributed by atoms with E-state index < -0.39 is 0 Å². The third-order valence-corrected chi connectivity index (χ3v) is 4.79. The van der Waals surface area contributed by atoms with E-state index in [1.807, 2.05) is 0 Å². The number of aryl methyl sites for hydroxylation is 2. The monoisotopic (exact) mass is 307 g/mol. The number of methoxy groups -OCH3 is 1. The molecule has 0 saturated heterocycles. The van der Waals surface area contributed by atoms with Gasteiger partial charge in [0.2, 0.25) is 0 Å². The Morgan fingerprint density at radius 3 is 2.62 bits per heavy atom. The Balaban J connectivity index is 2.47. The minimum absolute atomic E-state index is 0.0343. The molecular formula is C17H22FNOS. The molecule has 0 aliphatic rings. The molecule has 0 bridgehead atoms. The number of ether oxygens (including phenoxy) is 1. The lowest BCUT2D eigenvalue weighted by Crippen LogP contribution is -2.23. The van der Waals surface area contributed by atoms with Gasteiger partial charge in [-0.3, -0.25) is 0 Å². The lowest BCUT2D eigenvalue weighted by molar-refractivity contribution is 0.402. The molecule has 1 aromatic carbocycles. The van der Waals surface area contributed by atoms with Gasteiger partial charge in [-0.2, -0.15) is 0 Å². The Morgan fingerprint density at radius 2 is 2.05 bits per heavy atom. The number of rotatable bonds is 6. The van der Waals surface area contributed by atoms with E-state index in [4.69, 9.17) is 4.74 Å². The highest BCUT2D eigenvalue weighted by atomic mass is 32.1. The van der Waals surface area contributed by atoms with Crippen LogP contribution in [0, 0.1) is 19.7 Å². The average Bonchev–Trinajstić information content (AvgIpc) is 2.79. The Labute approximate surface area is 130 Å². The van der Waals surface area contributed by atoms with Crippen LogP contribution in [0.15, 0.2) is 24.3 Å². The molecule has 1 atom stereocenters. The number of halogens is 1. The summed E-state index contributed by atoms with van der Waals surface area (Å²) in [6.07, 6.45) is 1.03. The molecule has 2 rings (SSSR count). The highest BCUT2D eigenvalue weighted by Crippen LogP contribution is 2.35. The summed E-state index contributed by atoms with van der Waals surface area (Å²) in [5.41, 5.74) is 2.13. The molecule has 21 heavy (non-hydrogen) atoms. The van der Waals surface area contributed by atoms with Gasteiger partial charge in [-0.15, -0.1) is 11.3 Å². The fourth-order valence-electron chi connectivity index (χ4n) is 2.33. The second kappa shape index (κ2) is 7.05. The number of thiophene rings is 1. The van der Waals surface area contributed by atoms with Crippen LogP contribution in [0.4, 0.5) is 4.39 Å². The summed E-state index contributed by atoms with van der Waals surface area (Å²) in [5.74, 6) is 0.479. The minimum atomic E-state index is -0.237. The summed E-state index contributed by atoms with van der Waals surface area (Å²) in [6, 6.07) is 6.84. The Morgan fingerprint density at radius 1 is 1.29 bits per heavy atom. The van der Waals surface area contributed by atoms with E-state index in [0.717, 1.165) is 18.5 Å². The van der Waals surface area contributed by atoms with E-state index >= 15 is 0 Å². The second-order valence-corrected chi connectivity index (χ2v) is 6.45. The van der Waals surface area contributed by atoms with Crippen molar-refractivity contribution in [2.75, 3.05) is 13.7 Å². The first-order valence-corrected chi connectivity index (χ1v) is 8.02. The Hall–Kier alpha value is -1.39. The molecule has 1 unspecified atom stereocenters. The van der Waals surface area contributed by atoms with Crippen molar-refractivity contribution in [2.24, 2.45) is 0 Å². The molecule has 0 fully saturated rings. The van der Waals surface area contributed by atoms with Crippen LogP contribution in [0.5, 0.6) is 5.75 Å². The first-order valence-electron chi connectivity index (χ1n) is 7.20. The van der Waals surface area contributed by atoms with Gasteiger partial charge < -0.3 is 10.1 Å². The van der Waals surface area contributed by atoms with E-state index in [1.54, 1.807) is 30.6 Å². The molecule has 0 spiro atoms. The van der Waals surface area contributed by atoms with E-state index in [1.165, 1.54) is 21.4 Å². The zero-order chi connectivity index (χ0) is 15.4. The molecule has 1 heterocycles. The largest absolute Gasteiger partial charge is 0.496 e. The van der Waals surface area contributed by atoms with Gasteiger partial charge in [0.05, 0.1) is 13.2 Å². The van der Waals surface area contributed by atoms with E-state index in [0.29, 0.717) is 5.75 Å². The fourth-order valence-corrected chi connectivity index (χ4v) is 3.46. The maximum absolute atomic E-state index is 13.7. The van der Waals surface area contributed by atoms with Crippen LogP contribution in [-0.4, -0.2) is 13.7 Å². The molecule has 1 aromatic heterocycles. The smallest absolute Gasteiger partial charge is 0.124 e. The maximum Gasteiger partial charge on any atom is 0.124 e. The van der Waals surface area contributed by atoms with Gasteiger partial charge in [0.15, 0.2) is 0 Å². The number of hydrogen-bond donors (Lipinski definition) is 1. The van der Waals surface area contributed by atoms with E-state index in [2.05, 4.69) is 32.2 Å². The molecule has 1 N–H and O–H groups in total. The minimum Gasteiger partial charge on any atom is -0.496 e. The van der Waals surface area contributed by atoms with Gasteiger partial charge in [-0.1, -0.05) is 6.92 Å². The third-order valence-electron chi connectivity index (χ3n) is 3.57. The van der Waals surface area contributed by atoms with Crippen molar-refractivity contribution in [1.82, 2.24) is 5.32 Å². The van der Waals surface area contributed by atoms with Gasteiger partial charge in [-0.25, -0.2) is 4.39 Å². The van der Waals surface area contributed by atoms with Gasteiger partial charge in [0.1, 0.15) is 11.6 Å². The summed E-state index contributed by atoms with van der Waals surface area (Å²) >= 11 is 1.75. The molecule has 2 aromatic rings. The summed E-state index contributed by atoms with van der Waals surface area (Å²) < 4.78 is 19.1. The molecule has 114 valence electrons. The summed E-state index contributed by atoms with van der Waals surface area (Å²) in [5, 5.41) is 3.51. The predicted molar refractivity (Wildman–Crippen MR) is 86.9 cm³/mol. The maximum atomic E-state index is 13.7. The van der Waals surface area contributed by atoms with Crippen molar-refractivity contribution in [3.8, 4) is 5.75 Å². The van der Waals surface area contributed by atoms with Crippen molar-refractivity contribution < 1.29 is 9.13 Å².